The summed E-state index contributed by atoms with van der Waals surface area (Å²) in [5, 5.41) is 9.82. The molecule has 0 saturated heterocycles. The first-order chi connectivity index (χ1) is 15.5. The standard InChI is InChI=1S/C23H19ClN6O2/c1-13-20(32-12-26-13)22(31)29-19-8-7-17-10-15(19)6-5-14-3-2-4-16(9-14)28-23-25-11-18(24)21(27-17)30-23/h2-4,7-12H,5-6H2,1H3,(H,29,31)(H2,25,27,28,30). The zero-order valence-corrected chi connectivity index (χ0v) is 17.9. The fraction of sp³-hybridized carbons (Fsp3) is 0.130. The predicted octanol–water partition coefficient (Wildman–Crippen LogP) is 5.26. The number of anilines is 5. The fourth-order valence-corrected chi connectivity index (χ4v) is 3.70. The Balaban J connectivity index is 1.54. The van der Waals surface area contributed by atoms with Gasteiger partial charge in [0.15, 0.2) is 12.2 Å². The number of amides is 1. The number of halogens is 1. The zero-order chi connectivity index (χ0) is 22.1. The Morgan fingerprint density at radius 2 is 1.97 bits per heavy atom. The molecule has 6 bridgehead atoms. The monoisotopic (exact) mass is 446 g/mol. The summed E-state index contributed by atoms with van der Waals surface area (Å²) < 4.78 is 5.23. The van der Waals surface area contributed by atoms with Gasteiger partial charge in [0.05, 0.1) is 11.9 Å². The Morgan fingerprint density at radius 1 is 1.09 bits per heavy atom. The number of nitrogens with zero attached hydrogens (tertiary/aromatic N) is 3. The van der Waals surface area contributed by atoms with Crippen LogP contribution in [0.5, 0.6) is 0 Å². The van der Waals surface area contributed by atoms with Crippen molar-refractivity contribution in [2.75, 3.05) is 16.0 Å². The van der Waals surface area contributed by atoms with Crippen LogP contribution in [-0.2, 0) is 12.8 Å². The van der Waals surface area contributed by atoms with Crippen LogP contribution in [0.4, 0.5) is 28.8 Å². The zero-order valence-electron chi connectivity index (χ0n) is 17.1. The van der Waals surface area contributed by atoms with Gasteiger partial charge < -0.3 is 20.4 Å². The maximum atomic E-state index is 12.7. The lowest BCUT2D eigenvalue weighted by Gasteiger charge is -2.14. The van der Waals surface area contributed by atoms with Gasteiger partial charge in [-0.2, -0.15) is 4.98 Å². The summed E-state index contributed by atoms with van der Waals surface area (Å²) in [6.45, 7) is 1.73. The molecule has 2 aromatic carbocycles. The molecule has 3 heterocycles. The third-order valence-corrected chi connectivity index (χ3v) is 5.45. The number of aromatic nitrogens is 3. The van der Waals surface area contributed by atoms with Crippen molar-refractivity contribution >= 4 is 46.3 Å². The normalized spacial score (nSPS) is 12.4. The Morgan fingerprint density at radius 3 is 2.81 bits per heavy atom. The molecule has 0 radical (unpaired) electrons. The van der Waals surface area contributed by atoms with Gasteiger partial charge in [0, 0.05) is 17.1 Å². The van der Waals surface area contributed by atoms with Gasteiger partial charge in [0.25, 0.3) is 5.91 Å². The highest BCUT2D eigenvalue weighted by atomic mass is 35.5. The van der Waals surface area contributed by atoms with Crippen molar-refractivity contribution < 1.29 is 9.21 Å². The van der Waals surface area contributed by atoms with E-state index in [1.165, 1.54) is 6.39 Å². The number of fused-ring (bicyclic) bond motifs is 6. The fourth-order valence-electron chi connectivity index (χ4n) is 3.56. The number of hydrogen-bond acceptors (Lipinski definition) is 7. The Bertz CT molecular complexity index is 1320. The van der Waals surface area contributed by atoms with Gasteiger partial charge in [-0.1, -0.05) is 23.7 Å². The lowest BCUT2D eigenvalue weighted by molar-refractivity contribution is 0.0995. The van der Waals surface area contributed by atoms with Crippen LogP contribution in [0.2, 0.25) is 5.02 Å². The molecule has 0 aliphatic carbocycles. The minimum Gasteiger partial charge on any atom is -0.438 e. The van der Waals surface area contributed by atoms with E-state index in [4.69, 9.17) is 16.0 Å². The van der Waals surface area contributed by atoms with E-state index in [0.717, 1.165) is 28.9 Å². The summed E-state index contributed by atoms with van der Waals surface area (Å²) >= 11 is 6.32. The molecule has 1 aliphatic rings. The molecule has 0 spiro atoms. The van der Waals surface area contributed by atoms with Crippen LogP contribution in [0.25, 0.3) is 0 Å². The van der Waals surface area contributed by atoms with Crippen molar-refractivity contribution in [1.82, 2.24) is 15.0 Å². The molecule has 1 amide bonds. The average Bonchev–Trinajstić information content (AvgIpc) is 3.22. The Labute approximate surface area is 189 Å². The molecule has 9 heteroatoms. The summed E-state index contributed by atoms with van der Waals surface area (Å²) in [4.78, 5) is 25.5. The van der Waals surface area contributed by atoms with Crippen LogP contribution in [0.3, 0.4) is 0 Å². The highest BCUT2D eigenvalue weighted by Crippen LogP contribution is 2.29. The van der Waals surface area contributed by atoms with Gasteiger partial charge in [0.2, 0.25) is 11.7 Å². The summed E-state index contributed by atoms with van der Waals surface area (Å²) in [6.07, 6.45) is 4.31. The number of oxazole rings is 1. The number of nitrogens with one attached hydrogen (secondary N) is 3. The van der Waals surface area contributed by atoms with Crippen molar-refractivity contribution in [2.24, 2.45) is 0 Å². The van der Waals surface area contributed by atoms with E-state index >= 15 is 0 Å². The van der Waals surface area contributed by atoms with Crippen molar-refractivity contribution in [3.8, 4) is 0 Å². The molecule has 2 aromatic heterocycles. The number of benzene rings is 2. The van der Waals surface area contributed by atoms with E-state index in [0.29, 0.717) is 34.6 Å². The highest BCUT2D eigenvalue weighted by Gasteiger charge is 2.17. The molecule has 32 heavy (non-hydrogen) atoms. The molecule has 0 unspecified atom stereocenters. The highest BCUT2D eigenvalue weighted by molar-refractivity contribution is 6.32. The number of rotatable bonds is 2. The van der Waals surface area contributed by atoms with Crippen LogP contribution in [0.1, 0.15) is 27.4 Å². The van der Waals surface area contributed by atoms with Crippen LogP contribution < -0.4 is 16.0 Å². The summed E-state index contributed by atoms with van der Waals surface area (Å²) in [5.41, 5.74) is 5.03. The number of carbonyl (C=O) groups is 1. The van der Waals surface area contributed by atoms with Crippen molar-refractivity contribution in [2.45, 2.75) is 19.8 Å². The van der Waals surface area contributed by atoms with Gasteiger partial charge in [-0.05, 0) is 61.2 Å². The molecule has 0 saturated carbocycles. The Hall–Kier alpha value is -3.91. The van der Waals surface area contributed by atoms with E-state index < -0.39 is 0 Å². The van der Waals surface area contributed by atoms with Crippen molar-refractivity contribution in [3.63, 3.8) is 0 Å². The van der Waals surface area contributed by atoms with E-state index in [2.05, 4.69) is 43.0 Å². The molecule has 1 aliphatic heterocycles. The van der Waals surface area contributed by atoms with Gasteiger partial charge in [0.1, 0.15) is 5.02 Å². The SMILES string of the molecule is Cc1ncoc1C(=O)Nc1ccc2cc1CCc1cccc(c1)Nc1ncc(Cl)c(n1)N2. The molecule has 160 valence electrons. The summed E-state index contributed by atoms with van der Waals surface area (Å²) in [5.74, 6) is 0.789. The third kappa shape index (κ3) is 4.13. The second-order valence-electron chi connectivity index (χ2n) is 7.43. The molecule has 8 nitrogen and oxygen atoms in total. The third-order valence-electron chi connectivity index (χ3n) is 5.18. The van der Waals surface area contributed by atoms with Crippen LogP contribution in [0.15, 0.2) is 59.5 Å². The average molecular weight is 447 g/mol. The summed E-state index contributed by atoms with van der Waals surface area (Å²) in [6, 6.07) is 13.8. The first-order valence-electron chi connectivity index (χ1n) is 10.0. The van der Waals surface area contributed by atoms with Gasteiger partial charge >= 0.3 is 0 Å². The lowest BCUT2D eigenvalue weighted by atomic mass is 10.0. The smallest absolute Gasteiger partial charge is 0.293 e. The van der Waals surface area contributed by atoms with Crippen molar-refractivity contribution in [1.29, 1.82) is 0 Å². The second kappa shape index (κ2) is 8.32. The van der Waals surface area contributed by atoms with Gasteiger partial charge in [-0.15, -0.1) is 0 Å². The quantitative estimate of drug-likeness (QED) is 0.385. The van der Waals surface area contributed by atoms with E-state index in [-0.39, 0.29) is 11.7 Å². The maximum Gasteiger partial charge on any atom is 0.293 e. The molecular formula is C23H19ClN6O2. The second-order valence-corrected chi connectivity index (χ2v) is 7.84. The maximum absolute atomic E-state index is 12.7. The molecule has 0 fully saturated rings. The lowest BCUT2D eigenvalue weighted by Crippen LogP contribution is -2.14. The van der Waals surface area contributed by atoms with E-state index in [1.54, 1.807) is 13.1 Å². The van der Waals surface area contributed by atoms with Crippen LogP contribution in [-0.4, -0.2) is 20.9 Å². The molecule has 5 rings (SSSR count). The van der Waals surface area contributed by atoms with Crippen molar-refractivity contribution in [3.05, 3.63) is 82.7 Å². The first-order valence-corrected chi connectivity index (χ1v) is 10.4. The summed E-state index contributed by atoms with van der Waals surface area (Å²) in [7, 11) is 0. The van der Waals surface area contributed by atoms with E-state index in [1.807, 2.05) is 30.3 Å². The number of hydrogen-bond donors (Lipinski definition) is 3. The van der Waals surface area contributed by atoms with Gasteiger partial charge in [-0.25, -0.2) is 9.97 Å². The number of carbonyl (C=O) groups excluding carboxylic acids is 1. The van der Waals surface area contributed by atoms with E-state index in [9.17, 15) is 4.79 Å². The minimum atomic E-state index is -0.338. The minimum absolute atomic E-state index is 0.197. The largest absolute Gasteiger partial charge is 0.438 e. The molecular weight excluding hydrogens is 428 g/mol. The molecule has 4 aromatic rings. The number of aryl methyl sites for hydroxylation is 3. The molecule has 0 atom stereocenters. The van der Waals surface area contributed by atoms with Crippen LogP contribution >= 0.6 is 11.6 Å². The topological polar surface area (TPSA) is 105 Å². The van der Waals surface area contributed by atoms with Gasteiger partial charge in [-0.3, -0.25) is 4.79 Å². The first kappa shape index (κ1) is 20.0. The predicted molar refractivity (Wildman–Crippen MR) is 123 cm³/mol. The molecule has 3 N–H and O–H groups in total. The van der Waals surface area contributed by atoms with Crippen LogP contribution in [0, 0.1) is 6.92 Å². The Kier molecular flexibility index (Phi) is 5.20.